The lowest BCUT2D eigenvalue weighted by molar-refractivity contribution is -0.128. The molecule has 1 aliphatic rings. The van der Waals surface area contributed by atoms with Crippen molar-refractivity contribution in [3.63, 3.8) is 0 Å². The predicted octanol–water partition coefficient (Wildman–Crippen LogP) is 3.63. The summed E-state index contributed by atoms with van der Waals surface area (Å²) >= 11 is 6.10. The van der Waals surface area contributed by atoms with Crippen molar-refractivity contribution in [1.82, 2.24) is 5.06 Å². The van der Waals surface area contributed by atoms with Gasteiger partial charge in [-0.15, -0.1) is 5.06 Å². The smallest absolute Gasteiger partial charge is 0.266 e. The fourth-order valence-corrected chi connectivity index (χ4v) is 2.57. The van der Waals surface area contributed by atoms with Crippen LogP contribution in [0.1, 0.15) is 39.3 Å². The van der Waals surface area contributed by atoms with E-state index in [1.807, 2.05) is 6.07 Å². The Bertz CT molecular complexity index is 694. The van der Waals surface area contributed by atoms with Gasteiger partial charge in [-0.3, -0.25) is 14.4 Å². The van der Waals surface area contributed by atoms with Crippen LogP contribution in [0.2, 0.25) is 5.02 Å². The zero-order valence-corrected chi connectivity index (χ0v) is 12.0. The summed E-state index contributed by atoms with van der Waals surface area (Å²) in [5, 5.41) is 1.33. The van der Waals surface area contributed by atoms with Crippen molar-refractivity contribution in [3.8, 4) is 0 Å². The molecule has 0 radical (unpaired) electrons. The largest absolute Gasteiger partial charge is 0.285 e. The lowest BCUT2D eigenvalue weighted by Gasteiger charge is -2.20. The molecule has 0 aromatic heterocycles. The summed E-state index contributed by atoms with van der Waals surface area (Å²) in [5.41, 5.74) is 1.43. The number of hydrogen-bond acceptors (Lipinski definition) is 3. The second kappa shape index (κ2) is 5.31. The average Bonchev–Trinajstić information content (AvgIpc) is 2.73. The SMILES string of the molecule is CC(ON1C(=O)c2ccccc2C1=O)c1ccccc1Cl. The Morgan fingerprint density at radius 2 is 1.48 bits per heavy atom. The molecule has 0 aliphatic carbocycles. The van der Waals surface area contributed by atoms with Gasteiger partial charge < -0.3 is 0 Å². The van der Waals surface area contributed by atoms with Crippen LogP contribution in [-0.2, 0) is 4.84 Å². The van der Waals surface area contributed by atoms with Crippen molar-refractivity contribution >= 4 is 23.4 Å². The third kappa shape index (κ3) is 2.33. The summed E-state index contributed by atoms with van der Waals surface area (Å²) in [5.74, 6) is -0.899. The molecular formula is C16H12ClNO3. The molecule has 2 amide bonds. The number of rotatable bonds is 3. The second-order valence-corrected chi connectivity index (χ2v) is 5.13. The molecule has 0 fully saturated rings. The summed E-state index contributed by atoms with van der Waals surface area (Å²) in [6, 6.07) is 13.8. The van der Waals surface area contributed by atoms with Crippen molar-refractivity contribution in [3.05, 3.63) is 70.2 Å². The van der Waals surface area contributed by atoms with Gasteiger partial charge in [0, 0.05) is 10.6 Å². The molecule has 1 atom stereocenters. The Hall–Kier alpha value is -2.17. The monoisotopic (exact) mass is 301 g/mol. The Kier molecular flexibility index (Phi) is 3.49. The first-order valence-corrected chi connectivity index (χ1v) is 6.86. The van der Waals surface area contributed by atoms with E-state index in [4.69, 9.17) is 16.4 Å². The summed E-state index contributed by atoms with van der Waals surface area (Å²) in [6.45, 7) is 1.74. The zero-order valence-electron chi connectivity index (χ0n) is 11.2. The van der Waals surface area contributed by atoms with Gasteiger partial charge in [0.1, 0.15) is 6.10 Å². The van der Waals surface area contributed by atoms with Crippen LogP contribution in [0.25, 0.3) is 0 Å². The number of nitrogens with zero attached hydrogens (tertiary/aromatic N) is 1. The van der Waals surface area contributed by atoms with Gasteiger partial charge in [0.05, 0.1) is 11.1 Å². The molecule has 3 rings (SSSR count). The Balaban J connectivity index is 1.86. The van der Waals surface area contributed by atoms with Gasteiger partial charge in [-0.1, -0.05) is 41.9 Å². The molecule has 106 valence electrons. The van der Waals surface area contributed by atoms with Crippen LogP contribution in [0.3, 0.4) is 0 Å². The van der Waals surface area contributed by atoms with Crippen molar-refractivity contribution in [2.45, 2.75) is 13.0 Å². The predicted molar refractivity (Wildman–Crippen MR) is 77.9 cm³/mol. The van der Waals surface area contributed by atoms with Gasteiger partial charge in [-0.25, -0.2) is 0 Å². The van der Waals surface area contributed by atoms with Crippen LogP contribution in [0, 0.1) is 0 Å². The third-order valence-corrected chi connectivity index (χ3v) is 3.71. The van der Waals surface area contributed by atoms with E-state index in [0.29, 0.717) is 16.1 Å². The number of hydrogen-bond donors (Lipinski definition) is 0. The average molecular weight is 302 g/mol. The molecule has 1 heterocycles. The molecule has 2 aromatic carbocycles. The molecule has 0 N–H and O–H groups in total. The van der Waals surface area contributed by atoms with Gasteiger partial charge in [0.15, 0.2) is 0 Å². The van der Waals surface area contributed by atoms with Crippen LogP contribution in [0.4, 0.5) is 0 Å². The van der Waals surface area contributed by atoms with Crippen LogP contribution >= 0.6 is 11.6 Å². The van der Waals surface area contributed by atoms with Crippen LogP contribution in [0.15, 0.2) is 48.5 Å². The number of halogens is 1. The van der Waals surface area contributed by atoms with E-state index in [2.05, 4.69) is 0 Å². The van der Waals surface area contributed by atoms with E-state index in [-0.39, 0.29) is 0 Å². The van der Waals surface area contributed by atoms with E-state index in [9.17, 15) is 9.59 Å². The minimum absolute atomic E-state index is 0.355. The summed E-state index contributed by atoms with van der Waals surface area (Å²) < 4.78 is 0. The number of fused-ring (bicyclic) bond motifs is 1. The molecule has 5 heteroatoms. The van der Waals surface area contributed by atoms with Gasteiger partial charge >= 0.3 is 0 Å². The highest BCUT2D eigenvalue weighted by atomic mass is 35.5. The molecule has 0 saturated carbocycles. The second-order valence-electron chi connectivity index (χ2n) is 4.72. The molecule has 4 nitrogen and oxygen atoms in total. The maximum absolute atomic E-state index is 12.2. The first-order chi connectivity index (χ1) is 10.1. The normalized spacial score (nSPS) is 15.2. The fourth-order valence-electron chi connectivity index (χ4n) is 2.28. The third-order valence-electron chi connectivity index (χ3n) is 3.36. The first kappa shape index (κ1) is 13.8. The number of carbonyl (C=O) groups is 2. The van der Waals surface area contributed by atoms with Gasteiger partial charge in [0.2, 0.25) is 0 Å². The molecule has 0 spiro atoms. The van der Waals surface area contributed by atoms with E-state index >= 15 is 0 Å². The highest BCUT2D eigenvalue weighted by molar-refractivity contribution is 6.31. The molecule has 1 unspecified atom stereocenters. The molecule has 0 saturated heterocycles. The molecule has 0 bridgehead atoms. The van der Waals surface area contributed by atoms with Crippen LogP contribution in [0.5, 0.6) is 0 Å². The molecular weight excluding hydrogens is 290 g/mol. The van der Waals surface area contributed by atoms with E-state index in [1.54, 1.807) is 49.4 Å². The minimum atomic E-state index is -0.513. The first-order valence-electron chi connectivity index (χ1n) is 6.48. The van der Waals surface area contributed by atoms with Crippen molar-refractivity contribution in [1.29, 1.82) is 0 Å². The van der Waals surface area contributed by atoms with E-state index < -0.39 is 17.9 Å². The lowest BCUT2D eigenvalue weighted by atomic mass is 10.1. The van der Waals surface area contributed by atoms with Gasteiger partial charge in [0.25, 0.3) is 11.8 Å². The maximum Gasteiger partial charge on any atom is 0.285 e. The number of hydroxylamine groups is 2. The Labute approximate surface area is 126 Å². The summed E-state index contributed by atoms with van der Waals surface area (Å²) in [6.07, 6.45) is -0.513. The summed E-state index contributed by atoms with van der Waals surface area (Å²) in [7, 11) is 0. The van der Waals surface area contributed by atoms with Crippen molar-refractivity contribution < 1.29 is 14.4 Å². The van der Waals surface area contributed by atoms with Crippen LogP contribution in [-0.4, -0.2) is 16.9 Å². The summed E-state index contributed by atoms with van der Waals surface area (Å²) in [4.78, 5) is 29.9. The number of amides is 2. The fraction of sp³-hybridized carbons (Fsp3) is 0.125. The van der Waals surface area contributed by atoms with Crippen LogP contribution < -0.4 is 0 Å². The quantitative estimate of drug-likeness (QED) is 0.813. The number of carbonyl (C=O) groups excluding carboxylic acids is 2. The topological polar surface area (TPSA) is 46.6 Å². The maximum atomic E-state index is 12.2. The molecule has 21 heavy (non-hydrogen) atoms. The van der Waals surface area contributed by atoms with E-state index in [1.165, 1.54) is 0 Å². The Morgan fingerprint density at radius 1 is 0.952 bits per heavy atom. The molecule has 1 aliphatic heterocycles. The lowest BCUT2D eigenvalue weighted by Crippen LogP contribution is -2.31. The number of imide groups is 1. The zero-order chi connectivity index (χ0) is 15.0. The van der Waals surface area contributed by atoms with E-state index in [0.717, 1.165) is 10.6 Å². The minimum Gasteiger partial charge on any atom is -0.266 e. The number of benzene rings is 2. The van der Waals surface area contributed by atoms with Gasteiger partial charge in [-0.2, -0.15) is 0 Å². The van der Waals surface area contributed by atoms with Gasteiger partial charge in [-0.05, 0) is 25.1 Å². The Morgan fingerprint density at radius 3 is 2.05 bits per heavy atom. The van der Waals surface area contributed by atoms with Crippen molar-refractivity contribution in [2.75, 3.05) is 0 Å². The van der Waals surface area contributed by atoms with Crippen molar-refractivity contribution in [2.24, 2.45) is 0 Å². The standard InChI is InChI=1S/C16H12ClNO3/c1-10(11-6-4-5-9-14(11)17)21-18-15(19)12-7-2-3-8-13(12)16(18)20/h2-10H,1H3. The molecule has 2 aromatic rings. The highest BCUT2D eigenvalue weighted by Gasteiger charge is 2.37. The highest BCUT2D eigenvalue weighted by Crippen LogP contribution is 2.29.